The highest BCUT2D eigenvalue weighted by Gasteiger charge is 2.24. The van der Waals surface area contributed by atoms with Crippen LogP contribution in [0.1, 0.15) is 25.8 Å². The highest BCUT2D eigenvalue weighted by molar-refractivity contribution is 9.10. The molecule has 0 aliphatic carbocycles. The zero-order chi connectivity index (χ0) is 13.6. The van der Waals surface area contributed by atoms with Gasteiger partial charge in [0.05, 0.1) is 7.11 Å². The van der Waals surface area contributed by atoms with Crippen LogP contribution in [0.2, 0.25) is 0 Å². The van der Waals surface area contributed by atoms with Gasteiger partial charge in [0.15, 0.2) is 0 Å². The molecule has 1 N–H and O–H groups in total. The van der Waals surface area contributed by atoms with Crippen LogP contribution in [0.25, 0.3) is 0 Å². The van der Waals surface area contributed by atoms with E-state index in [1.807, 2.05) is 12.1 Å². The fourth-order valence-electron chi connectivity index (χ4n) is 1.91. The second kappa shape index (κ2) is 7.41. The van der Waals surface area contributed by atoms with Crippen LogP contribution in [0.15, 0.2) is 22.7 Å². The summed E-state index contributed by atoms with van der Waals surface area (Å²) in [5, 5.41) is 3.48. The number of rotatable bonds is 7. The van der Waals surface area contributed by atoms with Crippen LogP contribution < -0.4 is 10.1 Å². The summed E-state index contributed by atoms with van der Waals surface area (Å²) in [6, 6.07) is 6.15. The average molecular weight is 332 g/mol. The van der Waals surface area contributed by atoms with Crippen LogP contribution in [0, 0.1) is 0 Å². The molecule has 0 fully saturated rings. The number of hydrogen-bond donors (Lipinski definition) is 2. The topological polar surface area (TPSA) is 21.3 Å². The summed E-state index contributed by atoms with van der Waals surface area (Å²) < 4.78 is 6.54. The molecule has 0 spiro atoms. The third-order valence-corrected chi connectivity index (χ3v) is 3.78. The Bertz CT molecular complexity index is 382. The Hall–Kier alpha value is -0.190. The minimum Gasteiger partial charge on any atom is -0.496 e. The number of nitrogens with one attached hydrogen (secondary N) is 1. The number of ether oxygens (including phenoxy) is 1. The molecule has 0 aliphatic rings. The Morgan fingerprint density at radius 2 is 2.11 bits per heavy atom. The van der Waals surface area contributed by atoms with Gasteiger partial charge in [0.25, 0.3) is 0 Å². The summed E-state index contributed by atoms with van der Waals surface area (Å²) >= 11 is 7.74. The van der Waals surface area contributed by atoms with Gasteiger partial charge in [0.2, 0.25) is 0 Å². The van der Waals surface area contributed by atoms with E-state index in [2.05, 4.69) is 53.8 Å². The maximum atomic E-state index is 5.45. The molecule has 0 bridgehead atoms. The molecule has 102 valence electrons. The number of hydrogen-bond acceptors (Lipinski definition) is 3. The van der Waals surface area contributed by atoms with E-state index in [1.165, 1.54) is 5.56 Å². The first-order chi connectivity index (χ1) is 8.51. The van der Waals surface area contributed by atoms with Crippen molar-refractivity contribution in [3.8, 4) is 5.75 Å². The van der Waals surface area contributed by atoms with E-state index >= 15 is 0 Å². The zero-order valence-corrected chi connectivity index (χ0v) is 13.8. The quantitative estimate of drug-likeness (QED) is 0.588. The molecule has 0 unspecified atom stereocenters. The molecule has 1 aromatic carbocycles. The molecule has 1 rings (SSSR count). The summed E-state index contributed by atoms with van der Waals surface area (Å²) in [6.07, 6.45) is 1.09. The molecule has 0 saturated heterocycles. The first-order valence-corrected chi connectivity index (χ1v) is 7.59. The fraction of sp³-hybridized carbons (Fsp3) is 0.571. The standard InChI is InChI=1S/C14H22BrNOS/c1-14(2,10-16-7-4-8-18)12-9-11(15)5-6-13(12)17-3/h5-6,9,16,18H,4,7-8,10H2,1-3H3. The maximum Gasteiger partial charge on any atom is 0.122 e. The number of benzene rings is 1. The van der Waals surface area contributed by atoms with E-state index in [0.29, 0.717) is 0 Å². The van der Waals surface area contributed by atoms with Gasteiger partial charge in [-0.3, -0.25) is 0 Å². The predicted molar refractivity (Wildman–Crippen MR) is 85.1 cm³/mol. The Kier molecular flexibility index (Phi) is 6.53. The lowest BCUT2D eigenvalue weighted by molar-refractivity contribution is 0.385. The molecule has 0 atom stereocenters. The van der Waals surface area contributed by atoms with Crippen LogP contribution in [0.5, 0.6) is 5.75 Å². The normalized spacial score (nSPS) is 11.6. The summed E-state index contributed by atoms with van der Waals surface area (Å²) in [5.41, 5.74) is 1.25. The van der Waals surface area contributed by atoms with Gasteiger partial charge < -0.3 is 10.1 Å². The smallest absolute Gasteiger partial charge is 0.122 e. The highest BCUT2D eigenvalue weighted by Crippen LogP contribution is 2.33. The van der Waals surface area contributed by atoms with Crippen molar-refractivity contribution in [2.75, 3.05) is 26.0 Å². The Labute approximate surface area is 124 Å². The van der Waals surface area contributed by atoms with Gasteiger partial charge in [-0.05, 0) is 36.9 Å². The largest absolute Gasteiger partial charge is 0.496 e. The molecular formula is C14H22BrNOS. The van der Waals surface area contributed by atoms with E-state index in [-0.39, 0.29) is 5.41 Å². The number of halogens is 1. The summed E-state index contributed by atoms with van der Waals surface area (Å²) in [7, 11) is 1.72. The Morgan fingerprint density at radius 3 is 2.72 bits per heavy atom. The number of thiol groups is 1. The lowest BCUT2D eigenvalue weighted by Gasteiger charge is -2.28. The second-order valence-electron chi connectivity index (χ2n) is 4.98. The molecule has 0 aromatic heterocycles. The molecule has 0 amide bonds. The van der Waals surface area contributed by atoms with Gasteiger partial charge in [-0.2, -0.15) is 12.6 Å². The molecular weight excluding hydrogens is 310 g/mol. The highest BCUT2D eigenvalue weighted by atomic mass is 79.9. The van der Waals surface area contributed by atoms with E-state index in [1.54, 1.807) is 7.11 Å². The average Bonchev–Trinajstić information content (AvgIpc) is 2.35. The third-order valence-electron chi connectivity index (χ3n) is 2.97. The summed E-state index contributed by atoms with van der Waals surface area (Å²) in [6.45, 7) is 6.38. The minimum absolute atomic E-state index is 0.0335. The van der Waals surface area contributed by atoms with Crippen molar-refractivity contribution < 1.29 is 4.74 Å². The molecule has 0 heterocycles. The van der Waals surface area contributed by atoms with Crippen LogP contribution in [-0.4, -0.2) is 26.0 Å². The number of methoxy groups -OCH3 is 1. The predicted octanol–water partition coefficient (Wildman–Crippen LogP) is 3.64. The van der Waals surface area contributed by atoms with Crippen molar-refractivity contribution in [2.45, 2.75) is 25.7 Å². The molecule has 0 aliphatic heterocycles. The second-order valence-corrected chi connectivity index (χ2v) is 6.35. The van der Waals surface area contributed by atoms with Gasteiger partial charge >= 0.3 is 0 Å². The van der Waals surface area contributed by atoms with Crippen molar-refractivity contribution in [3.63, 3.8) is 0 Å². The van der Waals surface area contributed by atoms with Gasteiger partial charge in [-0.1, -0.05) is 29.8 Å². The maximum absolute atomic E-state index is 5.45. The zero-order valence-electron chi connectivity index (χ0n) is 11.3. The molecule has 0 radical (unpaired) electrons. The third kappa shape index (κ3) is 4.48. The summed E-state index contributed by atoms with van der Waals surface area (Å²) in [5.74, 6) is 1.87. The van der Waals surface area contributed by atoms with Crippen molar-refractivity contribution in [2.24, 2.45) is 0 Å². The molecule has 18 heavy (non-hydrogen) atoms. The minimum atomic E-state index is 0.0335. The van der Waals surface area contributed by atoms with Crippen molar-refractivity contribution in [1.29, 1.82) is 0 Å². The van der Waals surface area contributed by atoms with Gasteiger partial charge in [-0.25, -0.2) is 0 Å². The first-order valence-electron chi connectivity index (χ1n) is 6.17. The van der Waals surface area contributed by atoms with Crippen molar-refractivity contribution in [3.05, 3.63) is 28.2 Å². The molecule has 2 nitrogen and oxygen atoms in total. The lowest BCUT2D eigenvalue weighted by atomic mass is 9.84. The van der Waals surface area contributed by atoms with Crippen LogP contribution >= 0.6 is 28.6 Å². The first kappa shape index (κ1) is 15.9. The molecule has 1 aromatic rings. The van der Waals surface area contributed by atoms with Gasteiger partial charge in [-0.15, -0.1) is 0 Å². The molecule has 4 heteroatoms. The fourth-order valence-corrected chi connectivity index (χ4v) is 2.43. The van der Waals surface area contributed by atoms with E-state index in [9.17, 15) is 0 Å². The van der Waals surface area contributed by atoms with E-state index < -0.39 is 0 Å². The van der Waals surface area contributed by atoms with Crippen molar-refractivity contribution in [1.82, 2.24) is 5.32 Å². The summed E-state index contributed by atoms with van der Waals surface area (Å²) in [4.78, 5) is 0. The van der Waals surface area contributed by atoms with Gasteiger partial charge in [0.1, 0.15) is 5.75 Å². The lowest BCUT2D eigenvalue weighted by Crippen LogP contribution is -2.34. The van der Waals surface area contributed by atoms with E-state index in [0.717, 1.165) is 35.5 Å². The van der Waals surface area contributed by atoms with Crippen LogP contribution in [0.3, 0.4) is 0 Å². The van der Waals surface area contributed by atoms with Crippen LogP contribution in [0.4, 0.5) is 0 Å². The Morgan fingerprint density at radius 1 is 1.39 bits per heavy atom. The van der Waals surface area contributed by atoms with Crippen molar-refractivity contribution >= 4 is 28.6 Å². The van der Waals surface area contributed by atoms with E-state index in [4.69, 9.17) is 4.74 Å². The molecule has 0 saturated carbocycles. The SMILES string of the molecule is COc1ccc(Br)cc1C(C)(C)CNCCCS. The monoisotopic (exact) mass is 331 g/mol. The van der Waals surface area contributed by atoms with Crippen LogP contribution in [-0.2, 0) is 5.41 Å². The van der Waals surface area contributed by atoms with Gasteiger partial charge in [0, 0.05) is 22.0 Å². The Balaban J connectivity index is 2.79.